The highest BCUT2D eigenvalue weighted by Gasteiger charge is 2.19. The molecule has 0 bridgehead atoms. The molecular formula is C18H31FN2. The van der Waals surface area contributed by atoms with Crippen molar-refractivity contribution in [3.8, 4) is 0 Å². The van der Waals surface area contributed by atoms with Gasteiger partial charge in [-0.1, -0.05) is 39.8 Å². The first-order chi connectivity index (χ1) is 9.82. The number of halogens is 1. The number of hydrogen-bond acceptors (Lipinski definition) is 2. The van der Waals surface area contributed by atoms with Crippen molar-refractivity contribution in [1.29, 1.82) is 0 Å². The predicted octanol–water partition coefficient (Wildman–Crippen LogP) is 4.44. The maximum absolute atomic E-state index is 14.4. The van der Waals surface area contributed by atoms with Gasteiger partial charge in [0.2, 0.25) is 0 Å². The fourth-order valence-corrected chi connectivity index (χ4v) is 2.47. The lowest BCUT2D eigenvalue weighted by Crippen LogP contribution is -2.36. The van der Waals surface area contributed by atoms with Gasteiger partial charge in [-0.15, -0.1) is 0 Å². The van der Waals surface area contributed by atoms with Crippen LogP contribution in [0.5, 0.6) is 0 Å². The first kappa shape index (κ1) is 18.0. The van der Waals surface area contributed by atoms with Crippen LogP contribution in [0.25, 0.3) is 0 Å². The summed E-state index contributed by atoms with van der Waals surface area (Å²) in [5, 5.41) is 3.42. The van der Waals surface area contributed by atoms with Crippen LogP contribution in [-0.2, 0) is 6.54 Å². The SMILES string of the molecule is CC(C)CNCc1cccc(F)c1N(CC(C)C)C(C)C. The molecule has 1 rings (SSSR count). The fraction of sp³-hybridized carbons (Fsp3) is 0.667. The quantitative estimate of drug-likeness (QED) is 0.762. The summed E-state index contributed by atoms with van der Waals surface area (Å²) in [5.41, 5.74) is 1.81. The van der Waals surface area contributed by atoms with Gasteiger partial charge in [0.25, 0.3) is 0 Å². The average Bonchev–Trinajstić information content (AvgIpc) is 2.36. The molecule has 21 heavy (non-hydrogen) atoms. The Kier molecular flexibility index (Phi) is 7.16. The Balaban J connectivity index is 3.01. The van der Waals surface area contributed by atoms with E-state index in [4.69, 9.17) is 0 Å². The second-order valence-electron chi connectivity index (χ2n) is 6.91. The molecule has 0 heterocycles. The summed E-state index contributed by atoms with van der Waals surface area (Å²) in [6.07, 6.45) is 0. The number of nitrogens with zero attached hydrogens (tertiary/aromatic N) is 1. The zero-order chi connectivity index (χ0) is 16.0. The summed E-state index contributed by atoms with van der Waals surface area (Å²) in [6.45, 7) is 15.5. The van der Waals surface area contributed by atoms with E-state index < -0.39 is 0 Å². The third-order valence-electron chi connectivity index (χ3n) is 3.41. The van der Waals surface area contributed by atoms with E-state index in [1.54, 1.807) is 12.1 Å². The van der Waals surface area contributed by atoms with Crippen LogP contribution in [0.4, 0.5) is 10.1 Å². The van der Waals surface area contributed by atoms with Crippen molar-refractivity contribution in [2.75, 3.05) is 18.0 Å². The Hall–Kier alpha value is -1.09. The van der Waals surface area contributed by atoms with E-state index >= 15 is 0 Å². The number of para-hydroxylation sites is 1. The Morgan fingerprint density at radius 1 is 1.05 bits per heavy atom. The van der Waals surface area contributed by atoms with Crippen LogP contribution >= 0.6 is 0 Å². The second kappa shape index (κ2) is 8.38. The van der Waals surface area contributed by atoms with E-state index in [0.717, 1.165) is 24.3 Å². The molecule has 0 radical (unpaired) electrons. The normalized spacial score (nSPS) is 11.7. The van der Waals surface area contributed by atoms with Gasteiger partial charge in [-0.05, 0) is 43.9 Å². The molecule has 0 spiro atoms. The minimum Gasteiger partial charge on any atom is -0.366 e. The molecule has 1 aromatic carbocycles. The molecule has 0 saturated carbocycles. The highest BCUT2D eigenvalue weighted by Crippen LogP contribution is 2.27. The molecule has 0 fully saturated rings. The van der Waals surface area contributed by atoms with Crippen molar-refractivity contribution in [3.05, 3.63) is 29.6 Å². The van der Waals surface area contributed by atoms with E-state index in [9.17, 15) is 4.39 Å². The van der Waals surface area contributed by atoms with Crippen molar-refractivity contribution in [3.63, 3.8) is 0 Å². The van der Waals surface area contributed by atoms with E-state index in [2.05, 4.69) is 51.8 Å². The zero-order valence-corrected chi connectivity index (χ0v) is 14.4. The highest BCUT2D eigenvalue weighted by atomic mass is 19.1. The third kappa shape index (κ3) is 5.66. The number of benzene rings is 1. The molecule has 3 heteroatoms. The van der Waals surface area contributed by atoms with E-state index in [1.807, 2.05) is 6.07 Å². The lowest BCUT2D eigenvalue weighted by Gasteiger charge is -2.33. The molecule has 120 valence electrons. The summed E-state index contributed by atoms with van der Waals surface area (Å²) in [6, 6.07) is 5.69. The van der Waals surface area contributed by atoms with Crippen molar-refractivity contribution < 1.29 is 4.39 Å². The molecule has 0 aliphatic heterocycles. The molecule has 0 unspecified atom stereocenters. The van der Waals surface area contributed by atoms with Crippen molar-refractivity contribution in [2.24, 2.45) is 11.8 Å². The molecular weight excluding hydrogens is 263 g/mol. The van der Waals surface area contributed by atoms with Gasteiger partial charge in [0.1, 0.15) is 5.82 Å². The summed E-state index contributed by atoms with van der Waals surface area (Å²) < 4.78 is 14.4. The van der Waals surface area contributed by atoms with Gasteiger partial charge in [-0.2, -0.15) is 0 Å². The standard InChI is InChI=1S/C18H31FN2/c1-13(2)10-20-11-16-8-7-9-17(19)18(16)21(15(5)6)12-14(3)4/h7-9,13-15,20H,10-12H2,1-6H3. The summed E-state index contributed by atoms with van der Waals surface area (Å²) >= 11 is 0. The van der Waals surface area contributed by atoms with Crippen molar-refractivity contribution in [1.82, 2.24) is 5.32 Å². The zero-order valence-electron chi connectivity index (χ0n) is 14.4. The number of rotatable bonds is 8. The lowest BCUT2D eigenvalue weighted by atomic mass is 10.1. The molecule has 0 aliphatic carbocycles. The Bertz CT molecular complexity index is 427. The molecule has 0 amide bonds. The van der Waals surface area contributed by atoms with Gasteiger partial charge in [0.15, 0.2) is 0 Å². The summed E-state index contributed by atoms with van der Waals surface area (Å²) in [4.78, 5) is 2.19. The van der Waals surface area contributed by atoms with Crippen LogP contribution in [0.1, 0.15) is 47.1 Å². The smallest absolute Gasteiger partial charge is 0.146 e. The minimum atomic E-state index is -0.117. The van der Waals surface area contributed by atoms with Crippen LogP contribution in [0.3, 0.4) is 0 Å². The third-order valence-corrected chi connectivity index (χ3v) is 3.41. The monoisotopic (exact) mass is 294 g/mol. The number of nitrogens with one attached hydrogen (secondary N) is 1. The molecule has 0 aromatic heterocycles. The molecule has 0 aliphatic rings. The van der Waals surface area contributed by atoms with Gasteiger partial charge in [0.05, 0.1) is 5.69 Å². The van der Waals surface area contributed by atoms with Gasteiger partial charge in [0, 0.05) is 19.1 Å². The van der Waals surface area contributed by atoms with Crippen LogP contribution < -0.4 is 10.2 Å². The summed E-state index contributed by atoms with van der Waals surface area (Å²) in [5.74, 6) is 0.982. The first-order valence-electron chi connectivity index (χ1n) is 8.07. The topological polar surface area (TPSA) is 15.3 Å². The van der Waals surface area contributed by atoms with Crippen molar-refractivity contribution >= 4 is 5.69 Å². The van der Waals surface area contributed by atoms with Gasteiger partial charge in [-0.3, -0.25) is 0 Å². The Morgan fingerprint density at radius 2 is 1.71 bits per heavy atom. The van der Waals surface area contributed by atoms with Crippen LogP contribution in [-0.4, -0.2) is 19.1 Å². The number of anilines is 1. The van der Waals surface area contributed by atoms with E-state index in [0.29, 0.717) is 18.4 Å². The van der Waals surface area contributed by atoms with Crippen LogP contribution in [0.2, 0.25) is 0 Å². The molecule has 0 saturated heterocycles. The van der Waals surface area contributed by atoms with Crippen molar-refractivity contribution in [2.45, 2.75) is 54.1 Å². The maximum Gasteiger partial charge on any atom is 0.146 e. The molecule has 2 nitrogen and oxygen atoms in total. The maximum atomic E-state index is 14.4. The van der Waals surface area contributed by atoms with Gasteiger partial charge < -0.3 is 10.2 Å². The van der Waals surface area contributed by atoms with Crippen LogP contribution in [0.15, 0.2) is 18.2 Å². The van der Waals surface area contributed by atoms with Gasteiger partial charge >= 0.3 is 0 Å². The van der Waals surface area contributed by atoms with E-state index in [-0.39, 0.29) is 11.9 Å². The average molecular weight is 294 g/mol. The molecule has 0 atom stereocenters. The fourth-order valence-electron chi connectivity index (χ4n) is 2.47. The molecule has 1 N–H and O–H groups in total. The lowest BCUT2D eigenvalue weighted by molar-refractivity contribution is 0.533. The largest absolute Gasteiger partial charge is 0.366 e. The highest BCUT2D eigenvalue weighted by molar-refractivity contribution is 5.55. The number of hydrogen-bond donors (Lipinski definition) is 1. The van der Waals surface area contributed by atoms with E-state index in [1.165, 1.54) is 0 Å². The summed E-state index contributed by atoms with van der Waals surface area (Å²) in [7, 11) is 0. The Labute approximate surface area is 129 Å². The van der Waals surface area contributed by atoms with Crippen LogP contribution in [0, 0.1) is 17.7 Å². The van der Waals surface area contributed by atoms with Gasteiger partial charge in [-0.25, -0.2) is 4.39 Å². The Morgan fingerprint density at radius 3 is 2.24 bits per heavy atom. The second-order valence-corrected chi connectivity index (χ2v) is 6.91. The molecule has 1 aromatic rings. The predicted molar refractivity (Wildman–Crippen MR) is 90.3 cm³/mol. The minimum absolute atomic E-state index is 0.117. The first-order valence-corrected chi connectivity index (χ1v) is 8.07.